The van der Waals surface area contributed by atoms with Gasteiger partial charge in [0, 0.05) is 19.5 Å². The van der Waals surface area contributed by atoms with E-state index in [1.165, 1.54) is 18.5 Å². The summed E-state index contributed by atoms with van der Waals surface area (Å²) in [5.74, 6) is 0.619. The average molecular weight is 253 g/mol. The van der Waals surface area contributed by atoms with Crippen LogP contribution in [-0.4, -0.2) is 36.6 Å². The molecule has 3 heteroatoms. The molecule has 1 atom stereocenters. The first-order valence-electron chi connectivity index (χ1n) is 6.84. The Morgan fingerprint density at radius 3 is 2.72 bits per heavy atom. The van der Waals surface area contributed by atoms with Gasteiger partial charge in [-0.3, -0.25) is 4.79 Å². The molecule has 104 valence electrons. The Morgan fingerprint density at radius 1 is 1.50 bits per heavy atom. The number of hydrogen-bond acceptors (Lipinski definition) is 3. The maximum absolute atomic E-state index is 11.6. The predicted molar refractivity (Wildman–Crippen MR) is 74.4 cm³/mol. The van der Waals surface area contributed by atoms with Gasteiger partial charge in [0.1, 0.15) is 5.60 Å². The Hall–Kier alpha value is -0.830. The molecule has 1 unspecified atom stereocenters. The molecule has 0 aromatic rings. The Labute approximate surface area is 111 Å². The number of rotatable bonds is 3. The van der Waals surface area contributed by atoms with Crippen molar-refractivity contribution in [2.45, 2.75) is 52.6 Å². The molecular formula is C15H27NO2. The van der Waals surface area contributed by atoms with Crippen LogP contribution in [0.5, 0.6) is 0 Å². The largest absolute Gasteiger partial charge is 0.460 e. The molecule has 3 nitrogen and oxygen atoms in total. The Bertz CT molecular complexity index is 303. The molecule has 0 aromatic carbocycles. The zero-order chi connectivity index (χ0) is 13.8. The minimum atomic E-state index is -0.371. The molecular weight excluding hydrogens is 226 g/mol. The van der Waals surface area contributed by atoms with Gasteiger partial charge in [0.15, 0.2) is 0 Å². The number of esters is 1. The summed E-state index contributed by atoms with van der Waals surface area (Å²) in [4.78, 5) is 13.9. The molecule has 1 rings (SSSR count). The van der Waals surface area contributed by atoms with Crippen molar-refractivity contribution in [3.8, 4) is 0 Å². The fourth-order valence-corrected chi connectivity index (χ4v) is 2.45. The van der Waals surface area contributed by atoms with Crippen LogP contribution in [0.1, 0.15) is 47.0 Å². The molecule has 0 N–H and O–H groups in total. The van der Waals surface area contributed by atoms with Gasteiger partial charge in [-0.1, -0.05) is 18.6 Å². The molecule has 0 aromatic heterocycles. The summed E-state index contributed by atoms with van der Waals surface area (Å²) in [6.07, 6.45) is 4.67. The number of ether oxygens (including phenoxy) is 1. The van der Waals surface area contributed by atoms with Gasteiger partial charge in [0.25, 0.3) is 0 Å². The highest BCUT2D eigenvalue weighted by Crippen LogP contribution is 2.20. The summed E-state index contributed by atoms with van der Waals surface area (Å²) in [6.45, 7) is 10.2. The number of nitrogens with zero attached hydrogens (tertiary/aromatic N) is 1. The second kappa shape index (κ2) is 6.37. The van der Waals surface area contributed by atoms with Crippen LogP contribution >= 0.6 is 0 Å². The van der Waals surface area contributed by atoms with Crippen LogP contribution in [0.3, 0.4) is 0 Å². The Balaban J connectivity index is 2.34. The molecule has 0 spiro atoms. The standard InChI is InChI=1S/C15H27NO2/c1-12-9-13(11-16(5)10-12)7-6-8-14(17)18-15(2,3)4/h7,12H,6,8-11H2,1-5H3/b13-7+. The SMILES string of the molecule is CC1C/C(=C\CCC(=O)OC(C)(C)C)CN(C)C1. The fourth-order valence-electron chi connectivity index (χ4n) is 2.45. The summed E-state index contributed by atoms with van der Waals surface area (Å²) < 4.78 is 5.29. The number of allylic oxidation sites excluding steroid dienone is 1. The lowest BCUT2D eigenvalue weighted by atomic mass is 9.95. The first kappa shape index (κ1) is 15.2. The molecule has 18 heavy (non-hydrogen) atoms. The second-order valence-corrected chi connectivity index (χ2v) is 6.49. The van der Waals surface area contributed by atoms with Gasteiger partial charge in [0.05, 0.1) is 0 Å². The van der Waals surface area contributed by atoms with E-state index in [9.17, 15) is 4.79 Å². The zero-order valence-electron chi connectivity index (χ0n) is 12.5. The second-order valence-electron chi connectivity index (χ2n) is 6.49. The summed E-state index contributed by atoms with van der Waals surface area (Å²) in [6, 6.07) is 0. The highest BCUT2D eigenvalue weighted by Gasteiger charge is 2.17. The third-order valence-electron chi connectivity index (χ3n) is 2.91. The quantitative estimate of drug-likeness (QED) is 0.572. The van der Waals surface area contributed by atoms with Gasteiger partial charge in [-0.25, -0.2) is 0 Å². The van der Waals surface area contributed by atoms with Crippen molar-refractivity contribution in [2.75, 3.05) is 20.1 Å². The van der Waals surface area contributed by atoms with E-state index in [2.05, 4.69) is 24.9 Å². The van der Waals surface area contributed by atoms with Gasteiger partial charge in [-0.05, 0) is 46.6 Å². The van der Waals surface area contributed by atoms with E-state index in [0.717, 1.165) is 18.9 Å². The summed E-state index contributed by atoms with van der Waals surface area (Å²) >= 11 is 0. The van der Waals surface area contributed by atoms with E-state index in [-0.39, 0.29) is 11.6 Å². The number of carbonyl (C=O) groups excluding carboxylic acids is 1. The van der Waals surface area contributed by atoms with Crippen LogP contribution in [-0.2, 0) is 9.53 Å². The van der Waals surface area contributed by atoms with Crippen molar-refractivity contribution in [3.63, 3.8) is 0 Å². The normalized spacial score (nSPS) is 24.3. The smallest absolute Gasteiger partial charge is 0.306 e. The molecule has 1 fully saturated rings. The van der Waals surface area contributed by atoms with Crippen molar-refractivity contribution < 1.29 is 9.53 Å². The lowest BCUT2D eigenvalue weighted by Gasteiger charge is -2.29. The highest BCUT2D eigenvalue weighted by atomic mass is 16.6. The van der Waals surface area contributed by atoms with E-state index in [1.807, 2.05) is 20.8 Å². The maximum Gasteiger partial charge on any atom is 0.306 e. The average Bonchev–Trinajstić information content (AvgIpc) is 2.12. The third kappa shape index (κ3) is 6.20. The molecule has 1 aliphatic rings. The van der Waals surface area contributed by atoms with Crippen LogP contribution in [0.2, 0.25) is 0 Å². The van der Waals surface area contributed by atoms with Crippen LogP contribution in [0.25, 0.3) is 0 Å². The van der Waals surface area contributed by atoms with E-state index < -0.39 is 0 Å². The Morgan fingerprint density at radius 2 is 2.17 bits per heavy atom. The number of likely N-dealkylation sites (tertiary alicyclic amines) is 1. The minimum Gasteiger partial charge on any atom is -0.460 e. The molecule has 1 aliphatic heterocycles. The van der Waals surface area contributed by atoms with Crippen molar-refractivity contribution in [1.29, 1.82) is 0 Å². The van der Waals surface area contributed by atoms with E-state index in [4.69, 9.17) is 4.74 Å². The molecule has 0 bridgehead atoms. The molecule has 0 saturated carbocycles. The summed E-state index contributed by atoms with van der Waals surface area (Å²) in [7, 11) is 2.15. The van der Waals surface area contributed by atoms with Gasteiger partial charge in [-0.15, -0.1) is 0 Å². The predicted octanol–water partition coefficient (Wildman–Crippen LogP) is 3.01. The summed E-state index contributed by atoms with van der Waals surface area (Å²) in [5, 5.41) is 0. The first-order valence-corrected chi connectivity index (χ1v) is 6.84. The highest BCUT2D eigenvalue weighted by molar-refractivity contribution is 5.70. The van der Waals surface area contributed by atoms with Gasteiger partial charge >= 0.3 is 5.97 Å². The number of carbonyl (C=O) groups is 1. The number of piperidine rings is 1. The number of likely N-dealkylation sites (N-methyl/N-ethyl adjacent to an activating group) is 1. The van der Waals surface area contributed by atoms with Crippen molar-refractivity contribution >= 4 is 5.97 Å². The topological polar surface area (TPSA) is 29.5 Å². The van der Waals surface area contributed by atoms with E-state index >= 15 is 0 Å². The monoisotopic (exact) mass is 253 g/mol. The zero-order valence-corrected chi connectivity index (χ0v) is 12.5. The summed E-state index contributed by atoms with van der Waals surface area (Å²) in [5.41, 5.74) is 1.09. The van der Waals surface area contributed by atoms with Gasteiger partial charge in [-0.2, -0.15) is 0 Å². The molecule has 1 saturated heterocycles. The minimum absolute atomic E-state index is 0.100. The molecule has 1 heterocycles. The van der Waals surface area contributed by atoms with Crippen molar-refractivity contribution in [2.24, 2.45) is 5.92 Å². The van der Waals surface area contributed by atoms with Crippen LogP contribution in [0, 0.1) is 5.92 Å². The lowest BCUT2D eigenvalue weighted by molar-refractivity contribution is -0.154. The maximum atomic E-state index is 11.6. The molecule has 0 aliphatic carbocycles. The van der Waals surface area contributed by atoms with E-state index in [1.54, 1.807) is 0 Å². The van der Waals surface area contributed by atoms with Crippen LogP contribution < -0.4 is 0 Å². The lowest BCUT2D eigenvalue weighted by Crippen LogP contribution is -2.32. The Kier molecular flexibility index (Phi) is 5.39. The van der Waals surface area contributed by atoms with Crippen LogP contribution in [0.4, 0.5) is 0 Å². The van der Waals surface area contributed by atoms with Gasteiger partial charge in [0.2, 0.25) is 0 Å². The van der Waals surface area contributed by atoms with Crippen molar-refractivity contribution in [1.82, 2.24) is 4.90 Å². The fraction of sp³-hybridized carbons (Fsp3) is 0.800. The molecule has 0 amide bonds. The molecule has 0 radical (unpaired) electrons. The van der Waals surface area contributed by atoms with Gasteiger partial charge < -0.3 is 9.64 Å². The van der Waals surface area contributed by atoms with Crippen molar-refractivity contribution in [3.05, 3.63) is 11.6 Å². The van der Waals surface area contributed by atoms with Crippen LogP contribution in [0.15, 0.2) is 11.6 Å². The van der Waals surface area contributed by atoms with E-state index in [0.29, 0.717) is 6.42 Å². The number of hydrogen-bond donors (Lipinski definition) is 0. The third-order valence-corrected chi connectivity index (χ3v) is 2.91. The first-order chi connectivity index (χ1) is 8.26.